The molecule has 0 bridgehead atoms. The summed E-state index contributed by atoms with van der Waals surface area (Å²) in [6.07, 6.45) is 0.435. The fraction of sp³-hybridized carbons (Fsp3) is 0.357. The lowest BCUT2D eigenvalue weighted by molar-refractivity contribution is 0.140. The summed E-state index contributed by atoms with van der Waals surface area (Å²) in [5.41, 5.74) is 1.78. The van der Waals surface area contributed by atoms with E-state index in [0.717, 1.165) is 28.4 Å². The Morgan fingerprint density at radius 1 is 1.53 bits per heavy atom. The third kappa shape index (κ3) is 2.57. The van der Waals surface area contributed by atoms with Crippen LogP contribution in [0.25, 0.3) is 0 Å². The van der Waals surface area contributed by atoms with Crippen LogP contribution in [0.4, 0.5) is 0 Å². The van der Waals surface area contributed by atoms with E-state index in [-0.39, 0.29) is 0 Å². The number of aliphatic hydroxyl groups excluding tert-OH is 1. The normalized spacial score (nSPS) is 17.1. The summed E-state index contributed by atoms with van der Waals surface area (Å²) in [6, 6.07) is 5.52. The van der Waals surface area contributed by atoms with Crippen molar-refractivity contribution in [3.05, 3.63) is 39.8 Å². The van der Waals surface area contributed by atoms with Crippen LogP contribution in [0.15, 0.2) is 23.6 Å². The Kier molecular flexibility index (Phi) is 3.40. The molecule has 0 radical (unpaired) electrons. The first-order valence-electron chi connectivity index (χ1n) is 6.27. The van der Waals surface area contributed by atoms with Gasteiger partial charge in [0.15, 0.2) is 0 Å². The van der Waals surface area contributed by atoms with E-state index in [9.17, 15) is 5.11 Å². The molecule has 1 aromatic carbocycles. The first-order chi connectivity index (χ1) is 9.26. The van der Waals surface area contributed by atoms with E-state index < -0.39 is 6.10 Å². The Balaban J connectivity index is 1.67. The zero-order valence-corrected chi connectivity index (χ0v) is 11.4. The Labute approximate surface area is 115 Å². The summed E-state index contributed by atoms with van der Waals surface area (Å²) in [4.78, 5) is 4.45. The number of fused-ring (bicyclic) bond motifs is 1. The Hall–Kier alpha value is -1.59. The Morgan fingerprint density at radius 2 is 2.42 bits per heavy atom. The lowest BCUT2D eigenvalue weighted by Gasteiger charge is -2.06. The van der Waals surface area contributed by atoms with Gasteiger partial charge in [-0.1, -0.05) is 6.92 Å². The first kappa shape index (κ1) is 12.4. The molecule has 19 heavy (non-hydrogen) atoms. The number of hydrogen-bond acceptors (Lipinski definition) is 5. The van der Waals surface area contributed by atoms with Crippen LogP contribution in [-0.4, -0.2) is 16.7 Å². The SMILES string of the molecule is CCc1nc(COc2ccc3c(c2)OCC3O)cs1. The average Bonchev–Trinajstić information content (AvgIpc) is 3.03. The average molecular weight is 277 g/mol. The molecule has 1 aliphatic rings. The summed E-state index contributed by atoms with van der Waals surface area (Å²) in [5, 5.41) is 12.8. The van der Waals surface area contributed by atoms with Crippen molar-refractivity contribution in [2.24, 2.45) is 0 Å². The molecule has 100 valence electrons. The standard InChI is InChI=1S/C14H15NO3S/c1-2-14-15-9(8-19-14)6-17-10-3-4-11-12(16)7-18-13(11)5-10/h3-5,8,12,16H,2,6-7H2,1H3. The van der Waals surface area contributed by atoms with E-state index in [4.69, 9.17) is 9.47 Å². The maximum absolute atomic E-state index is 9.64. The molecule has 1 aromatic heterocycles. The molecular formula is C14H15NO3S. The van der Waals surface area contributed by atoms with Crippen molar-refractivity contribution in [3.8, 4) is 11.5 Å². The number of aromatic nitrogens is 1. The second-order valence-electron chi connectivity index (χ2n) is 4.40. The van der Waals surface area contributed by atoms with Crippen LogP contribution in [0.3, 0.4) is 0 Å². The molecule has 2 heterocycles. The zero-order valence-electron chi connectivity index (χ0n) is 10.6. The lowest BCUT2D eigenvalue weighted by Crippen LogP contribution is -1.97. The van der Waals surface area contributed by atoms with Gasteiger partial charge in [-0.15, -0.1) is 11.3 Å². The lowest BCUT2D eigenvalue weighted by atomic mass is 10.1. The first-order valence-corrected chi connectivity index (χ1v) is 7.15. The largest absolute Gasteiger partial charge is 0.490 e. The molecular weight excluding hydrogens is 262 g/mol. The summed E-state index contributed by atoms with van der Waals surface area (Å²) < 4.78 is 11.1. The number of hydrogen-bond donors (Lipinski definition) is 1. The maximum Gasteiger partial charge on any atom is 0.131 e. The number of benzene rings is 1. The van der Waals surface area contributed by atoms with Crippen molar-refractivity contribution in [1.29, 1.82) is 0 Å². The number of nitrogens with zero attached hydrogens (tertiary/aromatic N) is 1. The van der Waals surface area contributed by atoms with Crippen LogP contribution >= 0.6 is 11.3 Å². The minimum Gasteiger partial charge on any atom is -0.490 e. The molecule has 4 nitrogen and oxygen atoms in total. The fourth-order valence-corrected chi connectivity index (χ4v) is 2.73. The number of ether oxygens (including phenoxy) is 2. The van der Waals surface area contributed by atoms with Crippen LogP contribution in [0.2, 0.25) is 0 Å². The van der Waals surface area contributed by atoms with Crippen molar-refractivity contribution in [1.82, 2.24) is 4.98 Å². The number of aliphatic hydroxyl groups is 1. The molecule has 1 aliphatic heterocycles. The second-order valence-corrected chi connectivity index (χ2v) is 5.34. The van der Waals surface area contributed by atoms with Gasteiger partial charge in [0.05, 0.1) is 10.7 Å². The highest BCUT2D eigenvalue weighted by molar-refractivity contribution is 7.09. The van der Waals surface area contributed by atoms with Crippen LogP contribution in [0, 0.1) is 0 Å². The van der Waals surface area contributed by atoms with Crippen LogP contribution < -0.4 is 9.47 Å². The van der Waals surface area contributed by atoms with Gasteiger partial charge in [0.2, 0.25) is 0 Å². The van der Waals surface area contributed by atoms with Crippen molar-refractivity contribution in [2.45, 2.75) is 26.1 Å². The highest BCUT2D eigenvalue weighted by Crippen LogP contribution is 2.35. The van der Waals surface area contributed by atoms with E-state index in [1.54, 1.807) is 11.3 Å². The van der Waals surface area contributed by atoms with Gasteiger partial charge in [0, 0.05) is 17.0 Å². The molecule has 0 aliphatic carbocycles. The highest BCUT2D eigenvalue weighted by atomic mass is 32.1. The van der Waals surface area contributed by atoms with Gasteiger partial charge in [0.1, 0.15) is 30.8 Å². The van der Waals surface area contributed by atoms with Gasteiger partial charge in [-0.2, -0.15) is 0 Å². The predicted molar refractivity (Wildman–Crippen MR) is 72.7 cm³/mol. The van der Waals surface area contributed by atoms with Crippen LogP contribution in [-0.2, 0) is 13.0 Å². The van der Waals surface area contributed by atoms with E-state index in [2.05, 4.69) is 11.9 Å². The molecule has 2 aromatic rings. The van der Waals surface area contributed by atoms with Crippen LogP contribution in [0.1, 0.15) is 29.3 Å². The van der Waals surface area contributed by atoms with E-state index in [0.29, 0.717) is 19.0 Å². The monoisotopic (exact) mass is 277 g/mol. The quantitative estimate of drug-likeness (QED) is 0.933. The van der Waals surface area contributed by atoms with Gasteiger partial charge in [-0.3, -0.25) is 0 Å². The van der Waals surface area contributed by atoms with Gasteiger partial charge >= 0.3 is 0 Å². The van der Waals surface area contributed by atoms with Crippen molar-refractivity contribution in [2.75, 3.05) is 6.61 Å². The van der Waals surface area contributed by atoms with Crippen LogP contribution in [0.5, 0.6) is 11.5 Å². The molecule has 0 saturated carbocycles. The van der Waals surface area contributed by atoms with E-state index in [1.807, 2.05) is 23.6 Å². The van der Waals surface area contributed by atoms with Crippen molar-refractivity contribution in [3.63, 3.8) is 0 Å². The zero-order chi connectivity index (χ0) is 13.2. The summed E-state index contributed by atoms with van der Waals surface area (Å²) in [6.45, 7) is 2.87. The third-order valence-corrected chi connectivity index (χ3v) is 4.07. The van der Waals surface area contributed by atoms with E-state index in [1.165, 1.54) is 0 Å². The maximum atomic E-state index is 9.64. The Bertz CT molecular complexity index is 582. The molecule has 1 unspecified atom stereocenters. The number of rotatable bonds is 4. The van der Waals surface area contributed by atoms with Gasteiger partial charge in [-0.25, -0.2) is 4.98 Å². The Morgan fingerprint density at radius 3 is 3.21 bits per heavy atom. The summed E-state index contributed by atoms with van der Waals surface area (Å²) in [7, 11) is 0. The van der Waals surface area contributed by atoms with Crippen molar-refractivity contribution < 1.29 is 14.6 Å². The predicted octanol–water partition coefficient (Wildman–Crippen LogP) is 2.71. The molecule has 0 fully saturated rings. The van der Waals surface area contributed by atoms with Crippen molar-refractivity contribution >= 4 is 11.3 Å². The second kappa shape index (κ2) is 5.19. The molecule has 0 spiro atoms. The minimum atomic E-state index is -0.519. The fourth-order valence-electron chi connectivity index (χ4n) is 2.00. The van der Waals surface area contributed by atoms with Gasteiger partial charge in [-0.05, 0) is 18.6 Å². The third-order valence-electron chi connectivity index (χ3n) is 3.03. The molecule has 3 rings (SSSR count). The highest BCUT2D eigenvalue weighted by Gasteiger charge is 2.22. The van der Waals surface area contributed by atoms with Gasteiger partial charge < -0.3 is 14.6 Å². The molecule has 0 saturated heterocycles. The topological polar surface area (TPSA) is 51.6 Å². The molecule has 0 amide bonds. The molecule has 5 heteroatoms. The smallest absolute Gasteiger partial charge is 0.131 e. The summed E-state index contributed by atoms with van der Waals surface area (Å²) in [5.74, 6) is 1.44. The minimum absolute atomic E-state index is 0.324. The van der Waals surface area contributed by atoms with E-state index >= 15 is 0 Å². The number of aryl methyl sites for hydroxylation is 1. The van der Waals surface area contributed by atoms with Gasteiger partial charge in [0.25, 0.3) is 0 Å². The summed E-state index contributed by atoms with van der Waals surface area (Å²) >= 11 is 1.66. The molecule has 1 N–H and O–H groups in total. The number of thiazole rings is 1. The molecule has 1 atom stereocenters.